The lowest BCUT2D eigenvalue weighted by Gasteiger charge is -2.35. The molecule has 1 aromatic heterocycles. The third kappa shape index (κ3) is 4.29. The second-order valence-electron chi connectivity index (χ2n) is 6.98. The average molecular weight is 393 g/mol. The van der Waals surface area contributed by atoms with Gasteiger partial charge in [-0.2, -0.15) is 0 Å². The van der Waals surface area contributed by atoms with Crippen LogP contribution >= 0.6 is 11.8 Å². The van der Waals surface area contributed by atoms with Crippen LogP contribution in [-0.4, -0.2) is 54.8 Å². The smallest absolute Gasteiger partial charge is 0.234 e. The zero-order valence-electron chi connectivity index (χ0n) is 16.0. The molecule has 1 fully saturated rings. The molecule has 1 aliphatic rings. The van der Waals surface area contributed by atoms with Crippen molar-refractivity contribution in [3.05, 3.63) is 60.8 Å². The van der Waals surface area contributed by atoms with Gasteiger partial charge in [0.1, 0.15) is 0 Å². The number of benzene rings is 2. The van der Waals surface area contributed by atoms with E-state index in [9.17, 15) is 4.79 Å². The van der Waals surface area contributed by atoms with Crippen molar-refractivity contribution in [3.8, 4) is 0 Å². The summed E-state index contributed by atoms with van der Waals surface area (Å²) in [6, 6.07) is 18.1. The van der Waals surface area contributed by atoms with Crippen molar-refractivity contribution in [1.29, 1.82) is 0 Å². The van der Waals surface area contributed by atoms with Crippen LogP contribution in [-0.2, 0) is 4.79 Å². The first-order valence-electron chi connectivity index (χ1n) is 9.49. The third-order valence-electron chi connectivity index (χ3n) is 4.98. The largest absolute Gasteiger partial charge is 0.367 e. The zero-order valence-corrected chi connectivity index (χ0v) is 16.8. The molecule has 1 N–H and O–H groups in total. The molecular formula is C22H24N4OS. The third-order valence-corrected chi connectivity index (χ3v) is 6.02. The Kier molecular flexibility index (Phi) is 5.78. The van der Waals surface area contributed by atoms with Crippen molar-refractivity contribution < 1.29 is 4.79 Å². The number of likely N-dealkylation sites (N-methyl/N-ethyl adjacent to an activating group) is 1. The van der Waals surface area contributed by atoms with Crippen molar-refractivity contribution in [2.24, 2.45) is 0 Å². The van der Waals surface area contributed by atoms with Crippen LogP contribution < -0.4 is 10.2 Å². The Hall–Kier alpha value is -2.57. The Labute approximate surface area is 169 Å². The molecule has 1 amide bonds. The molecule has 0 saturated carbocycles. The van der Waals surface area contributed by atoms with Crippen LogP contribution in [0.3, 0.4) is 0 Å². The quantitative estimate of drug-likeness (QED) is 0.671. The minimum absolute atomic E-state index is 0.000452. The van der Waals surface area contributed by atoms with E-state index >= 15 is 0 Å². The first kappa shape index (κ1) is 18.8. The van der Waals surface area contributed by atoms with Crippen LogP contribution in [0.2, 0.25) is 0 Å². The first-order valence-corrected chi connectivity index (χ1v) is 10.5. The SMILES string of the molecule is CN1CCN(c2ccccc2NC(=O)CSc2cccc3cccnc23)CC1. The molecule has 4 rings (SSSR count). The Morgan fingerprint density at radius 3 is 2.68 bits per heavy atom. The fraction of sp³-hybridized carbons (Fsp3) is 0.273. The summed E-state index contributed by atoms with van der Waals surface area (Å²) in [7, 11) is 2.14. The summed E-state index contributed by atoms with van der Waals surface area (Å²) in [6.45, 7) is 4.01. The van der Waals surface area contributed by atoms with Gasteiger partial charge in [0, 0.05) is 42.7 Å². The number of pyridine rings is 1. The molecular weight excluding hydrogens is 368 g/mol. The van der Waals surface area contributed by atoms with Crippen LogP contribution in [0.15, 0.2) is 65.7 Å². The molecule has 2 heterocycles. The van der Waals surface area contributed by atoms with Gasteiger partial charge in [0.25, 0.3) is 0 Å². The van der Waals surface area contributed by atoms with Crippen LogP contribution in [0.1, 0.15) is 0 Å². The molecule has 1 aliphatic heterocycles. The molecule has 6 heteroatoms. The number of carbonyl (C=O) groups is 1. The van der Waals surface area contributed by atoms with Crippen LogP contribution in [0.25, 0.3) is 10.9 Å². The van der Waals surface area contributed by atoms with E-state index in [1.807, 2.05) is 48.5 Å². The van der Waals surface area contributed by atoms with E-state index < -0.39 is 0 Å². The number of para-hydroxylation sites is 3. The average Bonchev–Trinajstić information content (AvgIpc) is 2.73. The number of piperazine rings is 1. The summed E-state index contributed by atoms with van der Waals surface area (Å²) in [5.74, 6) is 0.353. The first-order chi connectivity index (χ1) is 13.7. The molecule has 0 spiro atoms. The van der Waals surface area contributed by atoms with Gasteiger partial charge in [-0.25, -0.2) is 0 Å². The lowest BCUT2D eigenvalue weighted by Crippen LogP contribution is -2.44. The van der Waals surface area contributed by atoms with Crippen molar-refractivity contribution in [3.63, 3.8) is 0 Å². The van der Waals surface area contributed by atoms with Gasteiger partial charge in [0.2, 0.25) is 5.91 Å². The fourth-order valence-corrected chi connectivity index (χ4v) is 4.27. The van der Waals surface area contributed by atoms with Gasteiger partial charge in [-0.3, -0.25) is 9.78 Å². The van der Waals surface area contributed by atoms with E-state index in [1.165, 1.54) is 11.8 Å². The highest BCUT2D eigenvalue weighted by molar-refractivity contribution is 8.00. The number of nitrogens with zero attached hydrogens (tertiary/aromatic N) is 3. The topological polar surface area (TPSA) is 48.5 Å². The predicted molar refractivity (Wildman–Crippen MR) is 117 cm³/mol. The van der Waals surface area contributed by atoms with Gasteiger partial charge in [-0.05, 0) is 31.3 Å². The molecule has 0 radical (unpaired) electrons. The second-order valence-corrected chi connectivity index (χ2v) is 7.99. The molecule has 5 nitrogen and oxygen atoms in total. The Balaban J connectivity index is 1.43. The predicted octanol–water partition coefficient (Wildman–Crippen LogP) is 3.72. The van der Waals surface area contributed by atoms with Crippen LogP contribution in [0, 0.1) is 0 Å². The Morgan fingerprint density at radius 1 is 1.04 bits per heavy atom. The lowest BCUT2D eigenvalue weighted by atomic mass is 10.2. The molecule has 0 bridgehead atoms. The molecule has 0 unspecified atom stereocenters. The highest BCUT2D eigenvalue weighted by Gasteiger charge is 2.17. The number of fused-ring (bicyclic) bond motifs is 1. The Bertz CT molecular complexity index is 964. The van der Waals surface area contributed by atoms with Gasteiger partial charge in [-0.1, -0.05) is 30.3 Å². The van der Waals surface area contributed by atoms with Crippen molar-refractivity contribution in [1.82, 2.24) is 9.88 Å². The van der Waals surface area contributed by atoms with Gasteiger partial charge in [0.15, 0.2) is 0 Å². The van der Waals surface area contributed by atoms with E-state index in [0.717, 1.165) is 53.4 Å². The maximum absolute atomic E-state index is 12.6. The lowest BCUT2D eigenvalue weighted by molar-refractivity contribution is -0.113. The van der Waals surface area contributed by atoms with E-state index in [4.69, 9.17) is 0 Å². The van der Waals surface area contributed by atoms with Gasteiger partial charge >= 0.3 is 0 Å². The maximum Gasteiger partial charge on any atom is 0.234 e. The molecule has 2 aromatic carbocycles. The van der Waals surface area contributed by atoms with Gasteiger partial charge in [0.05, 0.1) is 22.6 Å². The number of thioether (sulfide) groups is 1. The molecule has 144 valence electrons. The zero-order chi connectivity index (χ0) is 19.3. The number of carbonyl (C=O) groups excluding carboxylic acids is 1. The van der Waals surface area contributed by atoms with E-state index in [1.54, 1.807) is 6.20 Å². The van der Waals surface area contributed by atoms with Crippen LogP contribution in [0.5, 0.6) is 0 Å². The van der Waals surface area contributed by atoms with Crippen molar-refractivity contribution in [2.75, 3.05) is 49.2 Å². The van der Waals surface area contributed by atoms with E-state index in [0.29, 0.717) is 5.75 Å². The minimum atomic E-state index is -0.000452. The number of hydrogen-bond acceptors (Lipinski definition) is 5. The summed E-state index contributed by atoms with van der Waals surface area (Å²) < 4.78 is 0. The normalized spacial score (nSPS) is 15.0. The highest BCUT2D eigenvalue weighted by atomic mass is 32.2. The summed E-state index contributed by atoms with van der Waals surface area (Å²) in [4.78, 5) is 22.8. The highest BCUT2D eigenvalue weighted by Crippen LogP contribution is 2.28. The number of rotatable bonds is 5. The number of nitrogens with one attached hydrogen (secondary N) is 1. The molecule has 1 saturated heterocycles. The number of aromatic nitrogens is 1. The Morgan fingerprint density at radius 2 is 1.82 bits per heavy atom. The van der Waals surface area contributed by atoms with Crippen molar-refractivity contribution >= 4 is 39.9 Å². The fourth-order valence-electron chi connectivity index (χ4n) is 3.42. The maximum atomic E-state index is 12.6. The summed E-state index contributed by atoms with van der Waals surface area (Å²) in [5, 5.41) is 4.19. The summed E-state index contributed by atoms with van der Waals surface area (Å²) in [5.41, 5.74) is 2.93. The molecule has 28 heavy (non-hydrogen) atoms. The number of anilines is 2. The van der Waals surface area contributed by atoms with Gasteiger partial charge < -0.3 is 15.1 Å². The minimum Gasteiger partial charge on any atom is -0.367 e. The monoisotopic (exact) mass is 392 g/mol. The second kappa shape index (κ2) is 8.63. The number of hydrogen-bond donors (Lipinski definition) is 1. The van der Waals surface area contributed by atoms with E-state index in [-0.39, 0.29) is 5.91 Å². The standard InChI is InChI=1S/C22H24N4OS/c1-25-12-14-26(15-13-25)19-9-3-2-8-18(19)24-21(27)16-28-20-10-4-6-17-7-5-11-23-22(17)20/h2-11H,12-16H2,1H3,(H,24,27). The molecule has 3 aromatic rings. The number of amides is 1. The van der Waals surface area contributed by atoms with Gasteiger partial charge in [-0.15, -0.1) is 11.8 Å². The van der Waals surface area contributed by atoms with E-state index in [2.05, 4.69) is 33.2 Å². The van der Waals surface area contributed by atoms with Crippen molar-refractivity contribution in [2.45, 2.75) is 4.90 Å². The van der Waals surface area contributed by atoms with Crippen LogP contribution in [0.4, 0.5) is 11.4 Å². The summed E-state index contributed by atoms with van der Waals surface area (Å²) >= 11 is 1.52. The molecule has 0 atom stereocenters. The summed E-state index contributed by atoms with van der Waals surface area (Å²) in [6.07, 6.45) is 1.79. The molecule has 0 aliphatic carbocycles.